The summed E-state index contributed by atoms with van der Waals surface area (Å²) in [5.74, 6) is 0. The molecule has 1 saturated heterocycles. The van der Waals surface area contributed by atoms with Gasteiger partial charge < -0.3 is 10.0 Å². The summed E-state index contributed by atoms with van der Waals surface area (Å²) in [6.07, 6.45) is 0.634. The van der Waals surface area contributed by atoms with Gasteiger partial charge in [-0.15, -0.1) is 0 Å². The van der Waals surface area contributed by atoms with Gasteiger partial charge in [0.25, 0.3) is 0 Å². The van der Waals surface area contributed by atoms with Crippen molar-refractivity contribution in [1.82, 2.24) is 4.90 Å². The van der Waals surface area contributed by atoms with Crippen molar-refractivity contribution in [3.8, 4) is 6.07 Å². The first-order valence-electron chi connectivity index (χ1n) is 8.47. The number of benzene rings is 2. The molecule has 3 rings (SSSR count). The first-order valence-corrected chi connectivity index (χ1v) is 8.47. The molecule has 0 aliphatic carbocycles. The van der Waals surface area contributed by atoms with Gasteiger partial charge in [0.2, 0.25) is 0 Å². The van der Waals surface area contributed by atoms with E-state index >= 15 is 0 Å². The molecule has 0 aromatic heterocycles. The number of anilines is 1. The normalized spacial score (nSPS) is 17.1. The van der Waals surface area contributed by atoms with Crippen LogP contribution in [0.2, 0.25) is 0 Å². The van der Waals surface area contributed by atoms with Gasteiger partial charge in [-0.3, -0.25) is 4.90 Å². The van der Waals surface area contributed by atoms with Gasteiger partial charge in [0.05, 0.1) is 17.7 Å². The predicted octanol–water partition coefficient (Wildman–Crippen LogP) is 2.80. The molecule has 0 spiro atoms. The van der Waals surface area contributed by atoms with Crippen LogP contribution in [0.15, 0.2) is 54.6 Å². The van der Waals surface area contributed by atoms with Crippen molar-refractivity contribution in [3.05, 3.63) is 65.7 Å². The third-order valence-electron chi connectivity index (χ3n) is 4.57. The van der Waals surface area contributed by atoms with Crippen LogP contribution >= 0.6 is 0 Å². The number of hydrogen-bond donors (Lipinski definition) is 1. The van der Waals surface area contributed by atoms with Crippen molar-refractivity contribution >= 4 is 5.69 Å². The number of rotatable bonds is 4. The van der Waals surface area contributed by atoms with Gasteiger partial charge in [-0.1, -0.05) is 30.3 Å². The lowest BCUT2D eigenvalue weighted by molar-refractivity contribution is 0.117. The van der Waals surface area contributed by atoms with E-state index in [9.17, 15) is 5.11 Å². The first kappa shape index (κ1) is 16.5. The topological polar surface area (TPSA) is 50.5 Å². The smallest absolute Gasteiger partial charge is 0.0991 e. The molecule has 1 aliphatic heterocycles. The molecule has 2 aromatic carbocycles. The first-order chi connectivity index (χ1) is 11.8. The van der Waals surface area contributed by atoms with E-state index < -0.39 is 6.10 Å². The fraction of sp³-hybridized carbons (Fsp3) is 0.350. The average Bonchev–Trinajstić information content (AvgIpc) is 2.88. The number of aliphatic hydroxyl groups excluding tert-OH is 1. The Morgan fingerprint density at radius 3 is 2.42 bits per heavy atom. The van der Waals surface area contributed by atoms with Gasteiger partial charge >= 0.3 is 0 Å². The van der Waals surface area contributed by atoms with Crippen molar-refractivity contribution in [1.29, 1.82) is 5.26 Å². The minimum absolute atomic E-state index is 0.437. The maximum atomic E-state index is 10.4. The summed E-state index contributed by atoms with van der Waals surface area (Å²) in [5.41, 5.74) is 2.84. The number of hydrogen-bond acceptors (Lipinski definition) is 4. The lowest BCUT2D eigenvalue weighted by Gasteiger charge is -2.25. The maximum absolute atomic E-state index is 10.4. The van der Waals surface area contributed by atoms with Gasteiger partial charge in [0.1, 0.15) is 0 Å². The highest BCUT2D eigenvalue weighted by Gasteiger charge is 2.18. The van der Waals surface area contributed by atoms with E-state index in [1.165, 1.54) is 5.69 Å². The minimum Gasteiger partial charge on any atom is -0.387 e. The van der Waals surface area contributed by atoms with E-state index in [1.54, 1.807) is 0 Å². The number of nitrogens with zero attached hydrogens (tertiary/aromatic N) is 3. The van der Waals surface area contributed by atoms with Crippen LogP contribution in [0.25, 0.3) is 0 Å². The second-order valence-corrected chi connectivity index (χ2v) is 6.23. The maximum Gasteiger partial charge on any atom is 0.0991 e. The molecule has 0 amide bonds. The molecule has 1 fully saturated rings. The highest BCUT2D eigenvalue weighted by molar-refractivity contribution is 5.49. The zero-order valence-electron chi connectivity index (χ0n) is 13.8. The molecule has 0 unspecified atom stereocenters. The summed E-state index contributed by atoms with van der Waals surface area (Å²) in [6, 6.07) is 19.8. The van der Waals surface area contributed by atoms with Crippen molar-refractivity contribution in [2.24, 2.45) is 0 Å². The van der Waals surface area contributed by atoms with Crippen LogP contribution < -0.4 is 4.90 Å². The Bertz CT molecular complexity index is 678. The Balaban J connectivity index is 1.57. The molecule has 0 radical (unpaired) electrons. The van der Waals surface area contributed by atoms with Crippen molar-refractivity contribution in [2.75, 3.05) is 37.6 Å². The molecule has 1 atom stereocenters. The zero-order chi connectivity index (χ0) is 16.8. The van der Waals surface area contributed by atoms with Crippen molar-refractivity contribution in [3.63, 3.8) is 0 Å². The predicted molar refractivity (Wildman–Crippen MR) is 95.8 cm³/mol. The lowest BCUT2D eigenvalue weighted by Crippen LogP contribution is -2.33. The van der Waals surface area contributed by atoms with Gasteiger partial charge in [-0.2, -0.15) is 5.26 Å². The number of aliphatic hydroxyl groups is 1. The Morgan fingerprint density at radius 2 is 1.71 bits per heavy atom. The summed E-state index contributed by atoms with van der Waals surface area (Å²) in [4.78, 5) is 4.69. The van der Waals surface area contributed by atoms with Crippen LogP contribution in [0, 0.1) is 11.3 Å². The van der Waals surface area contributed by atoms with Gasteiger partial charge in [-0.05, 0) is 36.2 Å². The van der Waals surface area contributed by atoms with Crippen LogP contribution in [0.5, 0.6) is 0 Å². The molecule has 0 saturated carbocycles. The highest BCUT2D eigenvalue weighted by Crippen LogP contribution is 2.19. The zero-order valence-corrected chi connectivity index (χ0v) is 13.8. The standard InChI is InChI=1S/C20H23N3O/c21-15-17-7-9-19(10-8-17)23-12-4-11-22(13-14-23)16-20(24)18-5-2-1-3-6-18/h1-3,5-10,20,24H,4,11-14,16H2/t20-/m1/s1. The third-order valence-corrected chi connectivity index (χ3v) is 4.57. The minimum atomic E-state index is -0.437. The molecule has 0 bridgehead atoms. The third kappa shape index (κ3) is 4.14. The number of nitriles is 1. The Kier molecular flexibility index (Phi) is 5.47. The summed E-state index contributed by atoms with van der Waals surface area (Å²) in [7, 11) is 0. The molecule has 1 N–H and O–H groups in total. The van der Waals surface area contributed by atoms with Crippen LogP contribution in [0.4, 0.5) is 5.69 Å². The van der Waals surface area contributed by atoms with E-state index in [0.29, 0.717) is 12.1 Å². The lowest BCUT2D eigenvalue weighted by atomic mass is 10.1. The van der Waals surface area contributed by atoms with E-state index in [2.05, 4.69) is 15.9 Å². The summed E-state index contributed by atoms with van der Waals surface area (Å²) in [6.45, 7) is 4.54. The molecule has 1 aliphatic rings. The van der Waals surface area contributed by atoms with Crippen molar-refractivity contribution in [2.45, 2.75) is 12.5 Å². The van der Waals surface area contributed by atoms with Crippen molar-refractivity contribution < 1.29 is 5.11 Å². The molecular formula is C20H23N3O. The summed E-state index contributed by atoms with van der Waals surface area (Å²) >= 11 is 0. The Morgan fingerprint density at radius 1 is 0.958 bits per heavy atom. The molecule has 24 heavy (non-hydrogen) atoms. The van der Waals surface area contributed by atoms with Crippen LogP contribution in [-0.2, 0) is 0 Å². The molecule has 124 valence electrons. The van der Waals surface area contributed by atoms with E-state index in [-0.39, 0.29) is 0 Å². The monoisotopic (exact) mass is 321 g/mol. The molecule has 1 heterocycles. The molecule has 4 nitrogen and oxygen atoms in total. The van der Waals surface area contributed by atoms with Crippen LogP contribution in [0.1, 0.15) is 23.7 Å². The molecular weight excluding hydrogens is 298 g/mol. The molecule has 2 aromatic rings. The average molecular weight is 321 g/mol. The van der Waals surface area contributed by atoms with Gasteiger partial charge in [-0.25, -0.2) is 0 Å². The summed E-state index contributed by atoms with van der Waals surface area (Å²) < 4.78 is 0. The van der Waals surface area contributed by atoms with Gasteiger partial charge in [0.15, 0.2) is 0 Å². The largest absolute Gasteiger partial charge is 0.387 e. The Hall–Kier alpha value is -2.35. The quantitative estimate of drug-likeness (QED) is 0.941. The van der Waals surface area contributed by atoms with E-state index in [4.69, 9.17) is 5.26 Å². The van der Waals surface area contributed by atoms with Crippen LogP contribution in [0.3, 0.4) is 0 Å². The van der Waals surface area contributed by atoms with E-state index in [1.807, 2.05) is 54.6 Å². The van der Waals surface area contributed by atoms with Crippen LogP contribution in [-0.4, -0.2) is 42.7 Å². The Labute approximate surface area is 143 Å². The fourth-order valence-corrected chi connectivity index (χ4v) is 3.18. The second kappa shape index (κ2) is 7.96. The summed E-state index contributed by atoms with van der Waals surface area (Å²) in [5, 5.41) is 19.3. The van der Waals surface area contributed by atoms with Gasteiger partial charge in [0, 0.05) is 38.4 Å². The number of β-amino-alcohol motifs (C(OH)–C–C–N with tert-alkyl or cyclic N) is 1. The van der Waals surface area contributed by atoms with E-state index in [0.717, 1.165) is 38.2 Å². The second-order valence-electron chi connectivity index (χ2n) is 6.23. The fourth-order valence-electron chi connectivity index (χ4n) is 3.18. The molecule has 4 heteroatoms. The highest BCUT2D eigenvalue weighted by atomic mass is 16.3. The SMILES string of the molecule is N#Cc1ccc(N2CCCN(C[C@@H](O)c3ccccc3)CC2)cc1.